The maximum absolute atomic E-state index is 11.1. The van der Waals surface area contributed by atoms with E-state index in [1.165, 1.54) is 0 Å². The van der Waals surface area contributed by atoms with Gasteiger partial charge in [0, 0.05) is 6.04 Å². The fraction of sp³-hybridized carbons (Fsp3) is 0.625. The Bertz CT molecular complexity index is 290. The molecule has 6 heteroatoms. The lowest BCUT2D eigenvalue weighted by Crippen LogP contribution is -2.41. The lowest BCUT2D eigenvalue weighted by atomic mass is 10.2. The van der Waals surface area contributed by atoms with Crippen LogP contribution in [0.3, 0.4) is 0 Å². The fourth-order valence-corrected chi connectivity index (χ4v) is 1.65. The van der Waals surface area contributed by atoms with Crippen molar-refractivity contribution in [1.29, 1.82) is 0 Å². The minimum absolute atomic E-state index is 0.336. The van der Waals surface area contributed by atoms with E-state index in [1.807, 2.05) is 0 Å². The van der Waals surface area contributed by atoms with Gasteiger partial charge in [0.25, 0.3) is 0 Å². The topological polar surface area (TPSA) is 87.0 Å². The number of urea groups is 1. The quantitative estimate of drug-likeness (QED) is 0.509. The molecule has 0 radical (unpaired) electrons. The normalized spacial score (nSPS) is 16.0. The van der Waals surface area contributed by atoms with Crippen molar-refractivity contribution in [2.45, 2.75) is 31.7 Å². The number of rotatable bonds is 1. The molecule has 0 aromatic carbocycles. The summed E-state index contributed by atoms with van der Waals surface area (Å²) in [5.41, 5.74) is 0. The third kappa shape index (κ3) is 2.17. The van der Waals surface area contributed by atoms with Crippen LogP contribution in [0.4, 0.5) is 9.59 Å². The van der Waals surface area contributed by atoms with Gasteiger partial charge >= 0.3 is 12.1 Å². The van der Waals surface area contributed by atoms with Gasteiger partial charge in [-0.2, -0.15) is 0 Å². The maximum atomic E-state index is 11.1. The van der Waals surface area contributed by atoms with Crippen molar-refractivity contribution in [3.8, 4) is 0 Å². The van der Waals surface area contributed by atoms with Crippen LogP contribution < -0.4 is 0 Å². The standard InChI is InChI=1S/C8H10N2O4/c11-5-9-7(12)10(8(13)14)6-3-1-2-4-6/h6H,1-4H2,(H,13,14). The highest BCUT2D eigenvalue weighted by atomic mass is 16.4. The number of aliphatic imine (C=N–C) groups is 1. The highest BCUT2D eigenvalue weighted by molar-refractivity contribution is 5.93. The number of nitrogens with zero attached hydrogens (tertiary/aromatic N) is 2. The number of carbonyl (C=O) groups is 2. The van der Waals surface area contributed by atoms with Crippen molar-refractivity contribution in [2.24, 2.45) is 4.99 Å². The Labute approximate surface area is 80.2 Å². The molecule has 0 saturated heterocycles. The van der Waals surface area contributed by atoms with E-state index < -0.39 is 12.1 Å². The van der Waals surface area contributed by atoms with E-state index in [4.69, 9.17) is 5.11 Å². The van der Waals surface area contributed by atoms with Crippen LogP contribution in [-0.2, 0) is 4.79 Å². The van der Waals surface area contributed by atoms with Gasteiger partial charge in [0.15, 0.2) is 0 Å². The van der Waals surface area contributed by atoms with Crippen LogP contribution in [0.25, 0.3) is 0 Å². The molecule has 0 aliphatic heterocycles. The Hall–Kier alpha value is -1.68. The number of hydrogen-bond donors (Lipinski definition) is 1. The Morgan fingerprint density at radius 2 is 1.93 bits per heavy atom. The fourth-order valence-electron chi connectivity index (χ4n) is 1.65. The van der Waals surface area contributed by atoms with E-state index in [1.54, 1.807) is 0 Å². The highest BCUT2D eigenvalue weighted by Crippen LogP contribution is 2.23. The summed E-state index contributed by atoms with van der Waals surface area (Å²) in [6.07, 6.45) is 2.77. The molecule has 1 rings (SSSR count). The molecular weight excluding hydrogens is 188 g/mol. The molecule has 0 spiro atoms. The molecule has 6 nitrogen and oxygen atoms in total. The van der Waals surface area contributed by atoms with E-state index in [2.05, 4.69) is 4.99 Å². The molecule has 0 aromatic rings. The van der Waals surface area contributed by atoms with E-state index in [9.17, 15) is 14.4 Å². The number of carboxylic acid groups (broad SMARTS) is 1. The Morgan fingerprint density at radius 1 is 1.36 bits per heavy atom. The van der Waals surface area contributed by atoms with Crippen molar-refractivity contribution in [1.82, 2.24) is 4.90 Å². The first-order valence-electron chi connectivity index (χ1n) is 4.31. The zero-order chi connectivity index (χ0) is 10.6. The molecule has 1 aliphatic carbocycles. The Morgan fingerprint density at radius 3 is 2.36 bits per heavy atom. The van der Waals surface area contributed by atoms with Gasteiger partial charge in [0.05, 0.1) is 0 Å². The predicted octanol–water partition coefficient (Wildman–Crippen LogP) is 1.36. The lowest BCUT2D eigenvalue weighted by Gasteiger charge is -2.20. The first-order chi connectivity index (χ1) is 6.66. The predicted molar refractivity (Wildman–Crippen MR) is 45.6 cm³/mol. The number of carbonyl (C=O) groups excluding carboxylic acids is 2. The SMILES string of the molecule is O=C=NC(=O)N(C(=O)O)C1CCCC1. The average Bonchev–Trinajstić information content (AvgIpc) is 2.57. The van der Waals surface area contributed by atoms with Gasteiger partial charge in [-0.3, -0.25) is 0 Å². The molecule has 0 atom stereocenters. The third-order valence-corrected chi connectivity index (χ3v) is 2.24. The van der Waals surface area contributed by atoms with Crippen molar-refractivity contribution < 1.29 is 19.5 Å². The second-order valence-electron chi connectivity index (χ2n) is 3.08. The van der Waals surface area contributed by atoms with Gasteiger partial charge < -0.3 is 5.11 Å². The van der Waals surface area contributed by atoms with Crippen LogP contribution in [-0.4, -0.2) is 34.3 Å². The summed E-state index contributed by atoms with van der Waals surface area (Å²) >= 11 is 0. The van der Waals surface area contributed by atoms with E-state index in [-0.39, 0.29) is 6.04 Å². The van der Waals surface area contributed by atoms with Gasteiger partial charge in [0.1, 0.15) is 0 Å². The van der Waals surface area contributed by atoms with E-state index in [0.717, 1.165) is 18.9 Å². The number of hydrogen-bond acceptors (Lipinski definition) is 3. The first-order valence-corrected chi connectivity index (χ1v) is 4.31. The number of imide groups is 1. The monoisotopic (exact) mass is 198 g/mol. The summed E-state index contributed by atoms with van der Waals surface area (Å²) in [4.78, 5) is 35.0. The molecule has 0 aromatic heterocycles. The van der Waals surface area contributed by atoms with Gasteiger partial charge in [-0.15, -0.1) is 4.99 Å². The molecule has 3 amide bonds. The molecule has 1 aliphatic rings. The summed E-state index contributed by atoms with van der Waals surface area (Å²) in [6.45, 7) is 0. The smallest absolute Gasteiger partial charge is 0.415 e. The summed E-state index contributed by atoms with van der Waals surface area (Å²) < 4.78 is 0. The minimum atomic E-state index is -1.36. The maximum Gasteiger partial charge on any atom is 0.415 e. The molecule has 14 heavy (non-hydrogen) atoms. The largest absolute Gasteiger partial charge is 0.465 e. The van der Waals surface area contributed by atoms with Crippen molar-refractivity contribution in [3.63, 3.8) is 0 Å². The van der Waals surface area contributed by atoms with E-state index >= 15 is 0 Å². The van der Waals surface area contributed by atoms with Crippen molar-refractivity contribution >= 4 is 18.2 Å². The van der Waals surface area contributed by atoms with Crippen LogP contribution in [0.5, 0.6) is 0 Å². The zero-order valence-corrected chi connectivity index (χ0v) is 7.47. The second kappa shape index (κ2) is 4.53. The molecule has 1 N–H and O–H groups in total. The lowest BCUT2D eigenvalue weighted by molar-refractivity contribution is 0.136. The first kappa shape index (κ1) is 10.4. The molecule has 0 heterocycles. The summed E-state index contributed by atoms with van der Waals surface area (Å²) in [6, 6.07) is -1.38. The molecular formula is C8H10N2O4. The second-order valence-corrected chi connectivity index (χ2v) is 3.08. The molecule has 0 unspecified atom stereocenters. The van der Waals surface area contributed by atoms with Crippen LogP contribution in [0.2, 0.25) is 0 Å². The molecule has 1 fully saturated rings. The van der Waals surface area contributed by atoms with Gasteiger partial charge in [-0.05, 0) is 12.8 Å². The van der Waals surface area contributed by atoms with Crippen LogP contribution in [0.1, 0.15) is 25.7 Å². The number of isocyanates is 1. The Balaban J connectivity index is 2.77. The third-order valence-electron chi connectivity index (χ3n) is 2.24. The average molecular weight is 198 g/mol. The van der Waals surface area contributed by atoms with Gasteiger partial charge in [-0.1, -0.05) is 12.8 Å². The summed E-state index contributed by atoms with van der Waals surface area (Å²) in [5, 5.41) is 8.75. The van der Waals surface area contributed by atoms with Crippen LogP contribution >= 0.6 is 0 Å². The van der Waals surface area contributed by atoms with Crippen molar-refractivity contribution in [2.75, 3.05) is 0 Å². The van der Waals surface area contributed by atoms with Crippen LogP contribution in [0, 0.1) is 0 Å². The van der Waals surface area contributed by atoms with Gasteiger partial charge in [-0.25, -0.2) is 19.3 Å². The van der Waals surface area contributed by atoms with Crippen LogP contribution in [0.15, 0.2) is 4.99 Å². The molecule has 76 valence electrons. The number of amides is 3. The van der Waals surface area contributed by atoms with Gasteiger partial charge in [0.2, 0.25) is 6.08 Å². The summed E-state index contributed by atoms with van der Waals surface area (Å²) in [5.74, 6) is 0. The summed E-state index contributed by atoms with van der Waals surface area (Å²) in [7, 11) is 0. The molecule has 0 bridgehead atoms. The minimum Gasteiger partial charge on any atom is -0.465 e. The zero-order valence-electron chi connectivity index (χ0n) is 7.47. The van der Waals surface area contributed by atoms with E-state index in [0.29, 0.717) is 17.7 Å². The van der Waals surface area contributed by atoms with Crippen molar-refractivity contribution in [3.05, 3.63) is 0 Å². The molecule has 1 saturated carbocycles. The Kier molecular flexibility index (Phi) is 3.36. The highest BCUT2D eigenvalue weighted by Gasteiger charge is 2.31.